The van der Waals surface area contributed by atoms with E-state index in [0.717, 1.165) is 12.1 Å². The molecule has 0 fully saturated rings. The van der Waals surface area contributed by atoms with Crippen LogP contribution in [0.2, 0.25) is 0 Å². The molecule has 2 aromatic rings. The molecule has 0 bridgehead atoms. The van der Waals surface area contributed by atoms with E-state index in [0.29, 0.717) is 0 Å². The molecule has 1 aromatic carbocycles. The van der Waals surface area contributed by atoms with Crippen molar-refractivity contribution in [3.05, 3.63) is 52.0 Å². The number of nitrogens with one attached hydrogen (secondary N) is 1. The molecule has 8 nitrogen and oxygen atoms in total. The fourth-order valence-corrected chi connectivity index (χ4v) is 2.04. The molecular formula is C11H10FN3O5S. The molecular weight excluding hydrogens is 305 g/mol. The molecule has 0 spiro atoms. The third-order valence-electron chi connectivity index (χ3n) is 2.53. The maximum atomic E-state index is 13.4. The topological polar surface area (TPSA) is 128 Å². The maximum absolute atomic E-state index is 13.4. The van der Waals surface area contributed by atoms with Crippen LogP contribution in [0.3, 0.4) is 0 Å². The van der Waals surface area contributed by atoms with Crippen molar-refractivity contribution in [2.45, 2.75) is 11.6 Å². The van der Waals surface area contributed by atoms with Crippen molar-refractivity contribution in [2.75, 3.05) is 5.32 Å². The number of halogens is 1. The number of furan rings is 1. The predicted molar refractivity (Wildman–Crippen MR) is 70.5 cm³/mol. The Morgan fingerprint density at radius 1 is 1.33 bits per heavy atom. The van der Waals surface area contributed by atoms with E-state index in [9.17, 15) is 22.9 Å². The molecule has 1 heterocycles. The monoisotopic (exact) mass is 315 g/mol. The number of hydrogen-bond donors (Lipinski definition) is 2. The summed E-state index contributed by atoms with van der Waals surface area (Å²) in [6.45, 7) is 0.0623. The van der Waals surface area contributed by atoms with Gasteiger partial charge in [0.1, 0.15) is 5.76 Å². The Morgan fingerprint density at radius 2 is 2.05 bits per heavy atom. The number of rotatable bonds is 5. The van der Waals surface area contributed by atoms with E-state index in [2.05, 4.69) is 5.32 Å². The Kier molecular flexibility index (Phi) is 3.91. The van der Waals surface area contributed by atoms with E-state index >= 15 is 0 Å². The van der Waals surface area contributed by atoms with Crippen molar-refractivity contribution in [3.8, 4) is 0 Å². The molecule has 3 N–H and O–H groups in total. The van der Waals surface area contributed by atoms with Crippen LogP contribution in [-0.4, -0.2) is 13.3 Å². The van der Waals surface area contributed by atoms with Crippen LogP contribution < -0.4 is 10.5 Å². The van der Waals surface area contributed by atoms with Crippen molar-refractivity contribution in [1.82, 2.24) is 0 Å². The molecule has 1 aromatic heterocycles. The van der Waals surface area contributed by atoms with Crippen molar-refractivity contribution in [2.24, 2.45) is 5.14 Å². The first kappa shape index (κ1) is 14.9. The minimum Gasteiger partial charge on any atom is -0.446 e. The minimum atomic E-state index is -3.92. The molecule has 10 heteroatoms. The standard InChI is InChI=1S/C11H10FN3O5S/c12-9-5-7(1-3-10(9)15(16)17)14-6-8-2-4-11(20-8)21(13,18)19/h1-5,14H,6H2,(H2,13,18,19). The summed E-state index contributed by atoms with van der Waals surface area (Å²) in [4.78, 5) is 9.64. The van der Waals surface area contributed by atoms with Crippen molar-refractivity contribution < 1.29 is 22.1 Å². The molecule has 0 aliphatic carbocycles. The maximum Gasteiger partial charge on any atom is 0.304 e. The number of nitro benzene ring substituents is 1. The molecule has 0 amide bonds. The molecule has 0 saturated carbocycles. The Labute approximate surface area is 118 Å². The summed E-state index contributed by atoms with van der Waals surface area (Å²) in [5.74, 6) is -0.715. The van der Waals surface area contributed by atoms with Gasteiger partial charge in [-0.25, -0.2) is 13.6 Å². The van der Waals surface area contributed by atoms with Crippen LogP contribution in [0, 0.1) is 15.9 Å². The van der Waals surface area contributed by atoms with E-state index in [1.807, 2.05) is 0 Å². The van der Waals surface area contributed by atoms with E-state index in [1.165, 1.54) is 18.2 Å². The van der Waals surface area contributed by atoms with Gasteiger partial charge in [-0.3, -0.25) is 10.1 Å². The normalized spacial score (nSPS) is 11.3. The van der Waals surface area contributed by atoms with Crippen LogP contribution in [0.4, 0.5) is 15.8 Å². The number of primary sulfonamides is 1. The number of anilines is 1. The van der Waals surface area contributed by atoms with Gasteiger partial charge in [0, 0.05) is 17.8 Å². The van der Waals surface area contributed by atoms with Gasteiger partial charge in [0.25, 0.3) is 10.0 Å². The van der Waals surface area contributed by atoms with Crippen molar-refractivity contribution in [3.63, 3.8) is 0 Å². The fraction of sp³-hybridized carbons (Fsp3) is 0.0909. The molecule has 0 saturated heterocycles. The van der Waals surface area contributed by atoms with Gasteiger partial charge in [0.15, 0.2) is 0 Å². The second-order valence-electron chi connectivity index (χ2n) is 4.04. The van der Waals surface area contributed by atoms with Gasteiger partial charge in [-0.05, 0) is 18.2 Å². The van der Waals surface area contributed by atoms with E-state index in [4.69, 9.17) is 9.56 Å². The lowest BCUT2D eigenvalue weighted by atomic mass is 10.2. The molecule has 0 aliphatic heterocycles. The average molecular weight is 315 g/mol. The smallest absolute Gasteiger partial charge is 0.304 e. The van der Waals surface area contributed by atoms with Crippen LogP contribution >= 0.6 is 0 Å². The second kappa shape index (κ2) is 5.50. The first-order valence-corrected chi connectivity index (χ1v) is 7.11. The number of nitrogens with zero attached hydrogens (tertiary/aromatic N) is 1. The minimum absolute atomic E-state index is 0.0623. The molecule has 0 radical (unpaired) electrons. The van der Waals surface area contributed by atoms with Crippen LogP contribution in [0.5, 0.6) is 0 Å². The zero-order chi connectivity index (χ0) is 15.6. The van der Waals surface area contributed by atoms with Crippen LogP contribution in [-0.2, 0) is 16.6 Å². The van der Waals surface area contributed by atoms with Gasteiger partial charge in [0.05, 0.1) is 11.5 Å². The van der Waals surface area contributed by atoms with Crippen LogP contribution in [0.1, 0.15) is 5.76 Å². The zero-order valence-electron chi connectivity index (χ0n) is 10.4. The second-order valence-corrected chi connectivity index (χ2v) is 5.53. The summed E-state index contributed by atoms with van der Waals surface area (Å²) >= 11 is 0. The first-order valence-electron chi connectivity index (χ1n) is 5.56. The van der Waals surface area contributed by atoms with E-state index in [-0.39, 0.29) is 23.1 Å². The lowest BCUT2D eigenvalue weighted by Gasteiger charge is -2.04. The van der Waals surface area contributed by atoms with E-state index in [1.54, 1.807) is 0 Å². The average Bonchev–Trinajstić information content (AvgIpc) is 2.84. The van der Waals surface area contributed by atoms with Crippen LogP contribution in [0.15, 0.2) is 39.8 Å². The van der Waals surface area contributed by atoms with Gasteiger partial charge in [-0.2, -0.15) is 4.39 Å². The molecule has 2 rings (SSSR count). The van der Waals surface area contributed by atoms with Gasteiger partial charge in [-0.1, -0.05) is 0 Å². The third kappa shape index (κ3) is 3.55. The summed E-state index contributed by atoms with van der Waals surface area (Å²) < 4.78 is 40.4. The highest BCUT2D eigenvalue weighted by molar-refractivity contribution is 7.89. The zero-order valence-corrected chi connectivity index (χ0v) is 11.3. The van der Waals surface area contributed by atoms with Crippen molar-refractivity contribution >= 4 is 21.4 Å². The first-order chi connectivity index (χ1) is 9.77. The third-order valence-corrected chi connectivity index (χ3v) is 3.31. The molecule has 0 unspecified atom stereocenters. The highest BCUT2D eigenvalue weighted by Gasteiger charge is 2.15. The predicted octanol–water partition coefficient (Wildman–Crippen LogP) is 1.59. The number of nitro groups is 1. The SMILES string of the molecule is NS(=O)(=O)c1ccc(CNc2ccc([N+](=O)[O-])c(F)c2)o1. The Hall–Kier alpha value is -2.46. The number of nitrogens with two attached hydrogens (primary N) is 1. The molecule has 0 aliphatic rings. The highest BCUT2D eigenvalue weighted by Crippen LogP contribution is 2.21. The summed E-state index contributed by atoms with van der Waals surface area (Å²) in [5.41, 5.74) is -0.346. The van der Waals surface area contributed by atoms with Gasteiger partial charge >= 0.3 is 5.69 Å². The van der Waals surface area contributed by atoms with Gasteiger partial charge in [0.2, 0.25) is 10.9 Å². The lowest BCUT2D eigenvalue weighted by molar-refractivity contribution is -0.387. The summed E-state index contributed by atoms with van der Waals surface area (Å²) in [7, 11) is -3.92. The molecule has 0 atom stereocenters. The lowest BCUT2D eigenvalue weighted by Crippen LogP contribution is -2.10. The van der Waals surface area contributed by atoms with Crippen LogP contribution in [0.25, 0.3) is 0 Å². The van der Waals surface area contributed by atoms with Gasteiger partial charge in [-0.15, -0.1) is 0 Å². The van der Waals surface area contributed by atoms with E-state index < -0.39 is 26.5 Å². The summed E-state index contributed by atoms with van der Waals surface area (Å²) in [6, 6.07) is 5.90. The van der Waals surface area contributed by atoms with Crippen molar-refractivity contribution in [1.29, 1.82) is 0 Å². The highest BCUT2D eigenvalue weighted by atomic mass is 32.2. The molecule has 112 valence electrons. The Balaban J connectivity index is 2.08. The molecule has 21 heavy (non-hydrogen) atoms. The number of hydrogen-bond acceptors (Lipinski definition) is 6. The quantitative estimate of drug-likeness (QED) is 0.636. The number of benzene rings is 1. The Bertz CT molecular complexity index is 787. The summed E-state index contributed by atoms with van der Waals surface area (Å²) in [5, 5.41) is 17.7. The summed E-state index contributed by atoms with van der Waals surface area (Å²) in [6.07, 6.45) is 0. The Morgan fingerprint density at radius 3 is 2.57 bits per heavy atom. The number of sulfonamides is 1. The fourth-order valence-electron chi connectivity index (χ4n) is 1.56. The van der Waals surface area contributed by atoms with Gasteiger partial charge < -0.3 is 9.73 Å². The largest absolute Gasteiger partial charge is 0.446 e.